The fourth-order valence-electron chi connectivity index (χ4n) is 2.89. The molecule has 1 fully saturated rings. The molecule has 1 amide bonds. The van der Waals surface area contributed by atoms with Crippen LogP contribution in [0.2, 0.25) is 5.02 Å². The number of nitro benzene ring substituents is 1. The Morgan fingerprint density at radius 3 is 2.52 bits per heavy atom. The van der Waals surface area contributed by atoms with E-state index in [2.05, 4.69) is 10.3 Å². The van der Waals surface area contributed by atoms with Crippen LogP contribution in [0.5, 0.6) is 5.75 Å². The maximum atomic E-state index is 12.4. The van der Waals surface area contributed by atoms with Crippen LogP contribution in [0, 0.1) is 10.1 Å². The largest absolute Gasteiger partial charge is 0.497 e. The van der Waals surface area contributed by atoms with E-state index in [1.165, 1.54) is 29.6 Å². The number of hydrogen-bond donors (Lipinski definition) is 1. The Bertz CT molecular complexity index is 1280. The number of amidine groups is 1. The molecule has 0 aromatic heterocycles. The molecule has 1 aliphatic rings. The average molecular weight is 498 g/mol. The molecule has 0 unspecified atom stereocenters. The summed E-state index contributed by atoms with van der Waals surface area (Å²) in [4.78, 5) is 29.8. The summed E-state index contributed by atoms with van der Waals surface area (Å²) in [7, 11) is 1.58. The highest BCUT2D eigenvalue weighted by atomic mass is 35.5. The van der Waals surface area contributed by atoms with Crippen molar-refractivity contribution < 1.29 is 14.5 Å². The van der Waals surface area contributed by atoms with E-state index in [4.69, 9.17) is 16.3 Å². The molecule has 4 rings (SSSR count). The predicted octanol–water partition coefficient (Wildman–Crippen LogP) is 6.30. The maximum absolute atomic E-state index is 12.4. The van der Waals surface area contributed by atoms with Gasteiger partial charge in [-0.05, 0) is 78.0 Å². The molecule has 0 radical (unpaired) electrons. The van der Waals surface area contributed by atoms with Crippen molar-refractivity contribution in [1.82, 2.24) is 5.32 Å². The summed E-state index contributed by atoms with van der Waals surface area (Å²) in [6.07, 6.45) is 1.61. The van der Waals surface area contributed by atoms with Gasteiger partial charge in [-0.25, -0.2) is 4.99 Å². The second kappa shape index (κ2) is 10.1. The Kier molecular flexibility index (Phi) is 7.02. The molecular formula is C23H16ClN3O4S2. The number of nitro groups is 1. The molecule has 0 spiro atoms. The van der Waals surface area contributed by atoms with Gasteiger partial charge >= 0.3 is 0 Å². The van der Waals surface area contributed by atoms with Crippen molar-refractivity contribution in [3.63, 3.8) is 0 Å². The fourth-order valence-corrected chi connectivity index (χ4v) is 4.76. The molecule has 0 saturated carbocycles. The minimum absolute atomic E-state index is 0.0418. The number of ether oxygens (including phenoxy) is 1. The Morgan fingerprint density at radius 1 is 1.12 bits per heavy atom. The third-order valence-electron chi connectivity index (χ3n) is 4.47. The smallest absolute Gasteiger partial charge is 0.283 e. The van der Waals surface area contributed by atoms with Crippen LogP contribution < -0.4 is 10.1 Å². The van der Waals surface area contributed by atoms with E-state index in [0.717, 1.165) is 4.90 Å². The summed E-state index contributed by atoms with van der Waals surface area (Å²) in [5.74, 6) is 0.399. The molecule has 1 aliphatic heterocycles. The van der Waals surface area contributed by atoms with Gasteiger partial charge in [-0.2, -0.15) is 0 Å². The Balaban J connectivity index is 1.55. The first kappa shape index (κ1) is 22.9. The monoisotopic (exact) mass is 497 g/mol. The van der Waals surface area contributed by atoms with Crippen LogP contribution in [-0.4, -0.2) is 23.1 Å². The summed E-state index contributed by atoms with van der Waals surface area (Å²) < 4.78 is 5.13. The third kappa shape index (κ3) is 5.75. The summed E-state index contributed by atoms with van der Waals surface area (Å²) in [6, 6.07) is 19.1. The van der Waals surface area contributed by atoms with Crippen LogP contribution in [0.4, 0.5) is 11.4 Å². The van der Waals surface area contributed by atoms with Crippen molar-refractivity contribution in [2.24, 2.45) is 4.99 Å². The molecule has 3 aromatic rings. The minimum atomic E-state index is -0.432. The lowest BCUT2D eigenvalue weighted by Gasteiger charge is -2.05. The van der Waals surface area contributed by atoms with E-state index in [9.17, 15) is 14.9 Å². The van der Waals surface area contributed by atoms with Gasteiger partial charge in [0, 0.05) is 16.0 Å². The summed E-state index contributed by atoms with van der Waals surface area (Å²) >= 11 is 8.35. The Morgan fingerprint density at radius 2 is 1.85 bits per heavy atom. The molecule has 10 heteroatoms. The van der Waals surface area contributed by atoms with Crippen LogP contribution >= 0.6 is 35.1 Å². The van der Waals surface area contributed by atoms with E-state index in [0.29, 0.717) is 37.0 Å². The molecule has 1 heterocycles. The van der Waals surface area contributed by atoms with E-state index in [-0.39, 0.29) is 11.6 Å². The van der Waals surface area contributed by atoms with E-state index in [1.54, 1.807) is 73.8 Å². The maximum Gasteiger partial charge on any atom is 0.283 e. The van der Waals surface area contributed by atoms with Crippen LogP contribution in [0.25, 0.3) is 6.08 Å². The minimum Gasteiger partial charge on any atom is -0.497 e. The standard InChI is InChI=1S/C23H16ClN3O4S2/c1-31-17-7-5-16(6-8-17)25-23-26-22(28)21(33-23)13-14-2-11-20(19(12-14)27(29)30)32-18-9-3-15(24)4-10-18/h2-13H,1H3,(H,25,26,28). The van der Waals surface area contributed by atoms with Crippen molar-refractivity contribution in [1.29, 1.82) is 0 Å². The normalized spacial score (nSPS) is 15.6. The third-order valence-corrected chi connectivity index (χ3v) is 6.71. The summed E-state index contributed by atoms with van der Waals surface area (Å²) in [5, 5.41) is 15.4. The molecular weight excluding hydrogens is 482 g/mol. The molecule has 0 bridgehead atoms. The molecule has 3 aromatic carbocycles. The average Bonchev–Trinajstić information content (AvgIpc) is 3.15. The number of nitrogens with one attached hydrogen (secondary N) is 1. The van der Waals surface area contributed by atoms with Gasteiger partial charge in [0.15, 0.2) is 5.17 Å². The summed E-state index contributed by atoms with van der Waals surface area (Å²) in [6.45, 7) is 0. The van der Waals surface area contributed by atoms with E-state index in [1.807, 2.05) is 0 Å². The lowest BCUT2D eigenvalue weighted by molar-refractivity contribution is -0.387. The number of carbonyl (C=O) groups excluding carboxylic acids is 1. The van der Waals surface area contributed by atoms with Gasteiger partial charge in [0.2, 0.25) is 0 Å². The second-order valence-corrected chi connectivity index (χ2v) is 9.30. The van der Waals surface area contributed by atoms with Crippen molar-refractivity contribution >= 4 is 63.7 Å². The fraction of sp³-hybridized carbons (Fsp3) is 0.0435. The second-order valence-electron chi connectivity index (χ2n) is 6.72. The first-order valence-electron chi connectivity index (χ1n) is 9.57. The van der Waals surface area contributed by atoms with Gasteiger partial charge in [0.25, 0.3) is 11.6 Å². The predicted molar refractivity (Wildman–Crippen MR) is 132 cm³/mol. The number of methoxy groups -OCH3 is 1. The number of hydrogen-bond acceptors (Lipinski definition) is 7. The molecule has 1 N–H and O–H groups in total. The zero-order chi connectivity index (χ0) is 23.4. The number of amides is 1. The molecule has 7 nitrogen and oxygen atoms in total. The highest BCUT2D eigenvalue weighted by molar-refractivity contribution is 8.18. The van der Waals surface area contributed by atoms with Crippen LogP contribution in [0.3, 0.4) is 0 Å². The van der Waals surface area contributed by atoms with Gasteiger partial charge in [-0.15, -0.1) is 0 Å². The molecule has 0 aliphatic carbocycles. The van der Waals surface area contributed by atoms with E-state index < -0.39 is 4.92 Å². The number of nitrogens with zero attached hydrogens (tertiary/aromatic N) is 2. The van der Waals surface area contributed by atoms with Crippen LogP contribution in [-0.2, 0) is 4.79 Å². The summed E-state index contributed by atoms with van der Waals surface area (Å²) in [5.41, 5.74) is 1.17. The molecule has 166 valence electrons. The van der Waals surface area contributed by atoms with Crippen molar-refractivity contribution in [3.05, 3.63) is 92.3 Å². The van der Waals surface area contributed by atoms with Crippen molar-refractivity contribution in [2.45, 2.75) is 9.79 Å². The lowest BCUT2D eigenvalue weighted by Crippen LogP contribution is -2.19. The highest BCUT2D eigenvalue weighted by Gasteiger charge is 2.24. The van der Waals surface area contributed by atoms with Crippen molar-refractivity contribution in [2.75, 3.05) is 7.11 Å². The first-order chi connectivity index (χ1) is 15.9. The zero-order valence-corrected chi connectivity index (χ0v) is 19.5. The van der Waals surface area contributed by atoms with Gasteiger partial charge in [0.1, 0.15) is 5.75 Å². The Hall–Kier alpha value is -3.27. The number of carbonyl (C=O) groups is 1. The topological polar surface area (TPSA) is 93.8 Å². The SMILES string of the molecule is COc1ccc(N=C2NC(=O)C(=Cc3ccc(Sc4ccc(Cl)cc4)c([N+](=O)[O-])c3)S2)cc1. The lowest BCUT2D eigenvalue weighted by atomic mass is 10.2. The Labute approximate surface area is 203 Å². The van der Waals surface area contributed by atoms with Crippen molar-refractivity contribution in [3.8, 4) is 5.75 Å². The molecule has 1 saturated heterocycles. The van der Waals surface area contributed by atoms with Gasteiger partial charge < -0.3 is 10.1 Å². The van der Waals surface area contributed by atoms with E-state index >= 15 is 0 Å². The van der Waals surface area contributed by atoms with Gasteiger partial charge in [0.05, 0.1) is 27.5 Å². The zero-order valence-electron chi connectivity index (χ0n) is 17.2. The highest BCUT2D eigenvalue weighted by Crippen LogP contribution is 2.37. The number of halogens is 1. The van der Waals surface area contributed by atoms with Crippen LogP contribution in [0.1, 0.15) is 5.56 Å². The molecule has 33 heavy (non-hydrogen) atoms. The van der Waals surface area contributed by atoms with Gasteiger partial charge in [-0.3, -0.25) is 14.9 Å². The number of thioether (sulfide) groups is 1. The number of aliphatic imine (C=N–C) groups is 1. The number of rotatable bonds is 6. The quantitative estimate of drug-likeness (QED) is 0.244. The number of benzene rings is 3. The van der Waals surface area contributed by atoms with Gasteiger partial charge in [-0.1, -0.05) is 29.4 Å². The van der Waals surface area contributed by atoms with Crippen LogP contribution in [0.15, 0.2) is 86.4 Å². The molecule has 0 atom stereocenters. The first-order valence-corrected chi connectivity index (χ1v) is 11.6.